The Kier molecular flexibility index (Phi) is 3.93. The molecule has 0 saturated heterocycles. The minimum Gasteiger partial charge on any atom is -0.389 e. The summed E-state index contributed by atoms with van der Waals surface area (Å²) >= 11 is 12.5. The van der Waals surface area contributed by atoms with E-state index in [4.69, 9.17) is 29.6 Å². The lowest BCUT2D eigenvalue weighted by atomic mass is 10.1. The lowest BCUT2D eigenvalue weighted by Gasteiger charge is -2.10. The number of hydrogen-bond donors (Lipinski definition) is 2. The number of nitrogens with zero attached hydrogens (tertiary/aromatic N) is 1. The predicted octanol–water partition coefficient (Wildman–Crippen LogP) is 3.04. The van der Waals surface area contributed by atoms with E-state index in [2.05, 4.69) is 10.3 Å². The summed E-state index contributed by atoms with van der Waals surface area (Å²) in [6, 6.07) is 5.44. The van der Waals surface area contributed by atoms with Gasteiger partial charge < -0.3 is 11.1 Å². The molecule has 0 bridgehead atoms. The van der Waals surface area contributed by atoms with Gasteiger partial charge in [-0.25, -0.2) is 0 Å². The molecule has 0 amide bonds. The Hall–Kier alpha value is -1.17. The molecule has 6 heteroatoms. The van der Waals surface area contributed by atoms with Gasteiger partial charge in [0.2, 0.25) is 0 Å². The molecule has 0 radical (unpaired) electrons. The van der Waals surface area contributed by atoms with E-state index in [0.717, 1.165) is 16.1 Å². The molecule has 0 aliphatic carbocycles. The number of halogens is 1. The molecule has 1 heterocycles. The number of thiocarbonyl (C=S) groups is 1. The molecule has 0 spiro atoms. The maximum absolute atomic E-state index is 5.91. The number of nitrogens with one attached hydrogen (secondary N) is 1. The Labute approximate surface area is 114 Å². The highest BCUT2D eigenvalue weighted by Crippen LogP contribution is 2.21. The van der Waals surface area contributed by atoms with E-state index in [9.17, 15) is 0 Å². The topological polar surface area (TPSA) is 50.9 Å². The van der Waals surface area contributed by atoms with Gasteiger partial charge in [0.25, 0.3) is 0 Å². The summed E-state index contributed by atoms with van der Waals surface area (Å²) in [7, 11) is 0. The molecule has 17 heavy (non-hydrogen) atoms. The zero-order valence-electron chi connectivity index (χ0n) is 8.81. The van der Waals surface area contributed by atoms with Crippen molar-refractivity contribution in [2.45, 2.75) is 6.54 Å². The molecule has 2 rings (SSSR count). The summed E-state index contributed by atoms with van der Waals surface area (Å²) in [4.78, 5) is 5.49. The average Bonchev–Trinajstić information content (AvgIpc) is 2.80. The number of rotatable bonds is 4. The number of nitrogens with two attached hydrogens (primary N) is 1. The smallest absolute Gasteiger partial charge is 0.106 e. The zero-order valence-corrected chi connectivity index (χ0v) is 11.2. The van der Waals surface area contributed by atoms with E-state index in [0.29, 0.717) is 16.6 Å². The van der Waals surface area contributed by atoms with E-state index >= 15 is 0 Å². The van der Waals surface area contributed by atoms with Gasteiger partial charge in [-0.15, -0.1) is 11.3 Å². The van der Waals surface area contributed by atoms with Crippen LogP contribution in [0.3, 0.4) is 0 Å². The SMILES string of the molecule is NC(=S)c1cc(Cl)ccc1NCc1cncs1. The van der Waals surface area contributed by atoms with Crippen LogP contribution >= 0.6 is 35.2 Å². The largest absolute Gasteiger partial charge is 0.389 e. The number of benzene rings is 1. The number of thiazole rings is 1. The molecule has 0 aliphatic heterocycles. The van der Waals surface area contributed by atoms with Crippen molar-refractivity contribution in [3.8, 4) is 0 Å². The van der Waals surface area contributed by atoms with Crippen LogP contribution in [0.1, 0.15) is 10.4 Å². The van der Waals surface area contributed by atoms with Crippen molar-refractivity contribution in [1.29, 1.82) is 0 Å². The molecule has 88 valence electrons. The molecule has 1 aromatic heterocycles. The molecule has 0 fully saturated rings. The summed E-state index contributed by atoms with van der Waals surface area (Å²) in [6.45, 7) is 0.696. The quantitative estimate of drug-likeness (QED) is 0.847. The van der Waals surface area contributed by atoms with Crippen molar-refractivity contribution in [3.63, 3.8) is 0 Å². The van der Waals surface area contributed by atoms with Gasteiger partial charge >= 0.3 is 0 Å². The minimum absolute atomic E-state index is 0.333. The first-order valence-corrected chi connectivity index (χ1v) is 6.54. The van der Waals surface area contributed by atoms with Crippen molar-refractivity contribution in [3.05, 3.63) is 45.4 Å². The third-order valence-corrected chi connectivity index (χ3v) is 3.42. The number of anilines is 1. The fraction of sp³-hybridized carbons (Fsp3) is 0.0909. The van der Waals surface area contributed by atoms with Gasteiger partial charge in [0.15, 0.2) is 0 Å². The Balaban J connectivity index is 2.17. The highest BCUT2D eigenvalue weighted by molar-refractivity contribution is 7.80. The van der Waals surface area contributed by atoms with Crippen molar-refractivity contribution < 1.29 is 0 Å². The van der Waals surface area contributed by atoms with E-state index < -0.39 is 0 Å². The lowest BCUT2D eigenvalue weighted by Crippen LogP contribution is -2.13. The maximum Gasteiger partial charge on any atom is 0.106 e. The van der Waals surface area contributed by atoms with E-state index in [1.54, 1.807) is 29.0 Å². The van der Waals surface area contributed by atoms with Crippen LogP contribution in [0.15, 0.2) is 29.9 Å². The van der Waals surface area contributed by atoms with Crippen LogP contribution in [0.2, 0.25) is 5.02 Å². The van der Waals surface area contributed by atoms with Gasteiger partial charge in [0, 0.05) is 27.3 Å². The third-order valence-electron chi connectivity index (χ3n) is 2.18. The fourth-order valence-corrected chi connectivity index (χ4v) is 2.26. The van der Waals surface area contributed by atoms with Crippen LogP contribution in [-0.4, -0.2) is 9.97 Å². The van der Waals surface area contributed by atoms with Gasteiger partial charge in [-0.3, -0.25) is 4.98 Å². The molecule has 1 aromatic carbocycles. The Bertz CT molecular complexity index is 526. The van der Waals surface area contributed by atoms with Gasteiger partial charge in [-0.1, -0.05) is 23.8 Å². The first kappa shape index (κ1) is 12.3. The van der Waals surface area contributed by atoms with E-state index in [-0.39, 0.29) is 0 Å². The second kappa shape index (κ2) is 5.44. The molecule has 0 unspecified atom stereocenters. The van der Waals surface area contributed by atoms with Crippen LogP contribution < -0.4 is 11.1 Å². The van der Waals surface area contributed by atoms with Crippen LogP contribution in [-0.2, 0) is 6.54 Å². The van der Waals surface area contributed by atoms with E-state index in [1.807, 2.05) is 12.3 Å². The second-order valence-electron chi connectivity index (χ2n) is 3.38. The summed E-state index contributed by atoms with van der Waals surface area (Å²) in [5.41, 5.74) is 9.10. The normalized spacial score (nSPS) is 10.2. The molecule has 3 N–H and O–H groups in total. The van der Waals surface area contributed by atoms with Gasteiger partial charge in [0.05, 0.1) is 12.1 Å². The molecular weight excluding hydrogens is 274 g/mol. The predicted molar refractivity (Wildman–Crippen MR) is 76.8 cm³/mol. The Morgan fingerprint density at radius 3 is 3.00 bits per heavy atom. The van der Waals surface area contributed by atoms with Crippen LogP contribution in [0.25, 0.3) is 0 Å². The monoisotopic (exact) mass is 283 g/mol. The van der Waals surface area contributed by atoms with Gasteiger partial charge in [-0.05, 0) is 18.2 Å². The first-order valence-electron chi connectivity index (χ1n) is 4.87. The van der Waals surface area contributed by atoms with Crippen LogP contribution in [0.4, 0.5) is 5.69 Å². The molecule has 3 nitrogen and oxygen atoms in total. The number of hydrogen-bond acceptors (Lipinski definition) is 4. The molecular formula is C11H10ClN3S2. The Morgan fingerprint density at radius 2 is 2.35 bits per heavy atom. The molecule has 0 aliphatic rings. The third kappa shape index (κ3) is 3.15. The maximum atomic E-state index is 5.91. The summed E-state index contributed by atoms with van der Waals surface area (Å²) in [5.74, 6) is 0. The lowest BCUT2D eigenvalue weighted by molar-refractivity contribution is 1.17. The molecule has 2 aromatic rings. The van der Waals surface area contributed by atoms with Crippen molar-refractivity contribution in [2.75, 3.05) is 5.32 Å². The average molecular weight is 284 g/mol. The summed E-state index contributed by atoms with van der Waals surface area (Å²) < 4.78 is 0. The first-order chi connectivity index (χ1) is 8.16. The summed E-state index contributed by atoms with van der Waals surface area (Å²) in [5, 5.41) is 3.89. The van der Waals surface area contributed by atoms with Crippen molar-refractivity contribution >= 4 is 45.8 Å². The van der Waals surface area contributed by atoms with Crippen LogP contribution in [0.5, 0.6) is 0 Å². The van der Waals surface area contributed by atoms with E-state index in [1.165, 1.54) is 0 Å². The van der Waals surface area contributed by atoms with Crippen molar-refractivity contribution in [1.82, 2.24) is 4.98 Å². The van der Waals surface area contributed by atoms with Gasteiger partial charge in [0.1, 0.15) is 4.99 Å². The second-order valence-corrected chi connectivity index (χ2v) is 5.22. The molecule has 0 saturated carbocycles. The van der Waals surface area contributed by atoms with Crippen LogP contribution in [0, 0.1) is 0 Å². The fourth-order valence-electron chi connectivity index (χ4n) is 1.39. The zero-order chi connectivity index (χ0) is 12.3. The minimum atomic E-state index is 0.333. The van der Waals surface area contributed by atoms with Gasteiger partial charge in [-0.2, -0.15) is 0 Å². The number of aromatic nitrogens is 1. The standard InChI is InChI=1S/C11H10ClN3S2/c12-7-1-2-10(9(3-7)11(13)16)15-5-8-4-14-6-17-8/h1-4,6,15H,5H2,(H2,13,16). The molecule has 0 atom stereocenters. The Morgan fingerprint density at radius 1 is 1.53 bits per heavy atom. The summed E-state index contributed by atoms with van der Waals surface area (Å²) in [6.07, 6.45) is 1.83. The van der Waals surface area contributed by atoms with Crippen molar-refractivity contribution in [2.24, 2.45) is 5.73 Å². The highest BCUT2D eigenvalue weighted by atomic mass is 35.5. The highest BCUT2D eigenvalue weighted by Gasteiger charge is 2.06.